The highest BCUT2D eigenvalue weighted by Gasteiger charge is 2.14. The molecule has 1 rings (SSSR count). The zero-order chi connectivity index (χ0) is 11.1. The van der Waals surface area contributed by atoms with Crippen molar-refractivity contribution in [2.75, 3.05) is 26.9 Å². The maximum atomic E-state index is 9.71. The molecule has 0 aliphatic carbocycles. The van der Waals surface area contributed by atoms with E-state index in [2.05, 4.69) is 15.9 Å². The molecule has 0 amide bonds. The van der Waals surface area contributed by atoms with Crippen LogP contribution in [0.1, 0.15) is 18.3 Å². The lowest BCUT2D eigenvalue weighted by molar-refractivity contribution is 0.0424. The summed E-state index contributed by atoms with van der Waals surface area (Å²) in [4.78, 5) is 0. The van der Waals surface area contributed by atoms with Gasteiger partial charge in [-0.05, 0) is 22.0 Å². The van der Waals surface area contributed by atoms with Crippen LogP contribution in [0.4, 0.5) is 0 Å². The minimum atomic E-state index is -0.628. The van der Waals surface area contributed by atoms with Gasteiger partial charge in [-0.1, -0.05) is 0 Å². The first kappa shape index (κ1) is 12.7. The van der Waals surface area contributed by atoms with E-state index in [0.29, 0.717) is 32.0 Å². The van der Waals surface area contributed by atoms with Crippen LogP contribution in [0, 0.1) is 0 Å². The van der Waals surface area contributed by atoms with E-state index >= 15 is 0 Å². The van der Waals surface area contributed by atoms with Gasteiger partial charge in [-0.3, -0.25) is 0 Å². The molecule has 1 atom stereocenters. The molecule has 1 N–H and O–H groups in total. The number of aliphatic hydroxyl groups excluding tert-OH is 1. The van der Waals surface area contributed by atoms with E-state index in [0.717, 1.165) is 4.47 Å². The zero-order valence-electron chi connectivity index (χ0n) is 8.61. The van der Waals surface area contributed by atoms with E-state index < -0.39 is 6.10 Å². The quantitative estimate of drug-likeness (QED) is 0.777. The summed E-state index contributed by atoms with van der Waals surface area (Å²) in [6.07, 6.45) is 1.42. The number of halogens is 1. The van der Waals surface area contributed by atoms with Crippen molar-refractivity contribution in [3.8, 4) is 0 Å². The molecule has 1 aromatic heterocycles. The molecule has 0 aromatic carbocycles. The fourth-order valence-electron chi connectivity index (χ4n) is 1.11. The van der Waals surface area contributed by atoms with Gasteiger partial charge in [-0.2, -0.15) is 0 Å². The lowest BCUT2D eigenvalue weighted by Crippen LogP contribution is -2.06. The largest absolute Gasteiger partial charge is 0.465 e. The highest BCUT2D eigenvalue weighted by atomic mass is 79.9. The monoisotopic (exact) mass is 278 g/mol. The molecular weight excluding hydrogens is 264 g/mol. The molecular formula is C10H15BrO4. The van der Waals surface area contributed by atoms with Gasteiger partial charge in [0.05, 0.1) is 23.9 Å². The Morgan fingerprint density at radius 1 is 1.47 bits per heavy atom. The van der Waals surface area contributed by atoms with E-state index in [-0.39, 0.29) is 0 Å². The average Bonchev–Trinajstić information content (AvgIpc) is 2.64. The van der Waals surface area contributed by atoms with E-state index in [1.807, 2.05) is 0 Å². The fourth-order valence-corrected chi connectivity index (χ4v) is 1.58. The normalized spacial score (nSPS) is 13.0. The number of hydrogen-bond acceptors (Lipinski definition) is 4. The van der Waals surface area contributed by atoms with Crippen LogP contribution in [0.2, 0.25) is 0 Å². The number of methoxy groups -OCH3 is 1. The van der Waals surface area contributed by atoms with Crippen molar-refractivity contribution in [3.05, 3.63) is 22.6 Å². The smallest absolute Gasteiger partial charge is 0.146 e. The molecule has 1 unspecified atom stereocenters. The third-order valence-corrected chi connectivity index (χ3v) is 2.57. The van der Waals surface area contributed by atoms with Crippen LogP contribution in [0.15, 0.2) is 21.2 Å². The summed E-state index contributed by atoms with van der Waals surface area (Å²) in [5.41, 5.74) is 0. The van der Waals surface area contributed by atoms with Crippen molar-refractivity contribution in [3.63, 3.8) is 0 Å². The van der Waals surface area contributed by atoms with Crippen LogP contribution in [0.5, 0.6) is 0 Å². The van der Waals surface area contributed by atoms with Gasteiger partial charge in [-0.15, -0.1) is 0 Å². The summed E-state index contributed by atoms with van der Waals surface area (Å²) in [6, 6.07) is 1.75. The Hall–Kier alpha value is -0.360. The van der Waals surface area contributed by atoms with Crippen LogP contribution < -0.4 is 0 Å². The minimum absolute atomic E-state index is 0.484. The molecule has 0 radical (unpaired) electrons. The Morgan fingerprint density at radius 2 is 2.27 bits per heavy atom. The molecule has 1 heterocycles. The summed E-state index contributed by atoms with van der Waals surface area (Å²) in [6.45, 7) is 1.60. The van der Waals surface area contributed by atoms with Gasteiger partial charge in [0.2, 0.25) is 0 Å². The summed E-state index contributed by atoms with van der Waals surface area (Å²) in [5.74, 6) is 0.547. The summed E-state index contributed by atoms with van der Waals surface area (Å²) < 4.78 is 16.0. The Balaban J connectivity index is 2.19. The second kappa shape index (κ2) is 7.00. The van der Waals surface area contributed by atoms with Crippen LogP contribution in [-0.4, -0.2) is 32.0 Å². The van der Waals surface area contributed by atoms with Crippen molar-refractivity contribution in [2.24, 2.45) is 0 Å². The van der Waals surface area contributed by atoms with Crippen LogP contribution in [0.25, 0.3) is 0 Å². The van der Waals surface area contributed by atoms with Gasteiger partial charge in [0, 0.05) is 20.1 Å². The molecule has 1 aromatic rings. The second-order valence-corrected chi connectivity index (χ2v) is 3.90. The van der Waals surface area contributed by atoms with Crippen LogP contribution in [-0.2, 0) is 9.47 Å². The van der Waals surface area contributed by atoms with Gasteiger partial charge in [0.25, 0.3) is 0 Å². The van der Waals surface area contributed by atoms with Crippen LogP contribution in [0.3, 0.4) is 0 Å². The fraction of sp³-hybridized carbons (Fsp3) is 0.600. The molecule has 86 valence electrons. The molecule has 5 heteroatoms. The molecule has 0 bridgehead atoms. The highest BCUT2D eigenvalue weighted by Crippen LogP contribution is 2.26. The molecule has 4 nitrogen and oxygen atoms in total. The summed E-state index contributed by atoms with van der Waals surface area (Å²) in [7, 11) is 1.62. The first-order chi connectivity index (χ1) is 7.25. The Bertz CT molecular complexity index is 274. The van der Waals surface area contributed by atoms with Gasteiger partial charge in [0.1, 0.15) is 11.9 Å². The number of aliphatic hydroxyl groups is 1. The van der Waals surface area contributed by atoms with Gasteiger partial charge >= 0.3 is 0 Å². The van der Waals surface area contributed by atoms with Crippen molar-refractivity contribution in [1.82, 2.24) is 0 Å². The first-order valence-electron chi connectivity index (χ1n) is 4.73. The van der Waals surface area contributed by atoms with Gasteiger partial charge in [-0.25, -0.2) is 0 Å². The SMILES string of the molecule is COCCOCCC(O)c1occc1Br. The summed E-state index contributed by atoms with van der Waals surface area (Å²) in [5, 5.41) is 9.71. The Morgan fingerprint density at radius 3 is 2.87 bits per heavy atom. The number of ether oxygens (including phenoxy) is 2. The molecule has 0 aliphatic rings. The molecule has 0 saturated carbocycles. The zero-order valence-corrected chi connectivity index (χ0v) is 10.2. The van der Waals surface area contributed by atoms with Crippen molar-refractivity contribution >= 4 is 15.9 Å². The van der Waals surface area contributed by atoms with Gasteiger partial charge < -0.3 is 19.0 Å². The predicted octanol–water partition coefficient (Wildman–Crippen LogP) is 2.13. The van der Waals surface area contributed by atoms with E-state index in [1.54, 1.807) is 13.2 Å². The molecule has 15 heavy (non-hydrogen) atoms. The maximum absolute atomic E-state index is 9.71. The number of rotatable bonds is 7. The third-order valence-electron chi connectivity index (χ3n) is 1.91. The maximum Gasteiger partial charge on any atom is 0.146 e. The predicted molar refractivity (Wildman–Crippen MR) is 58.7 cm³/mol. The lowest BCUT2D eigenvalue weighted by atomic mass is 10.2. The third kappa shape index (κ3) is 4.34. The molecule has 0 fully saturated rings. The topological polar surface area (TPSA) is 51.8 Å². The average molecular weight is 279 g/mol. The second-order valence-electron chi connectivity index (χ2n) is 3.04. The Kier molecular flexibility index (Phi) is 5.93. The first-order valence-corrected chi connectivity index (χ1v) is 5.52. The number of hydrogen-bond donors (Lipinski definition) is 1. The highest BCUT2D eigenvalue weighted by molar-refractivity contribution is 9.10. The summed E-state index contributed by atoms with van der Waals surface area (Å²) >= 11 is 3.29. The van der Waals surface area contributed by atoms with E-state index in [4.69, 9.17) is 13.9 Å². The van der Waals surface area contributed by atoms with Crippen molar-refractivity contribution in [2.45, 2.75) is 12.5 Å². The molecule has 0 aliphatic heterocycles. The van der Waals surface area contributed by atoms with Crippen LogP contribution >= 0.6 is 15.9 Å². The molecule has 0 saturated heterocycles. The van der Waals surface area contributed by atoms with E-state index in [9.17, 15) is 5.11 Å². The standard InChI is InChI=1S/C10H15BrO4/c1-13-6-7-14-4-3-9(12)10-8(11)2-5-15-10/h2,5,9,12H,3-4,6-7H2,1H3. The Labute approximate surface area is 97.3 Å². The minimum Gasteiger partial charge on any atom is -0.465 e. The van der Waals surface area contributed by atoms with Crippen molar-refractivity contribution < 1.29 is 19.0 Å². The lowest BCUT2D eigenvalue weighted by Gasteiger charge is -2.08. The molecule has 0 spiro atoms. The van der Waals surface area contributed by atoms with Crippen molar-refractivity contribution in [1.29, 1.82) is 0 Å². The van der Waals surface area contributed by atoms with E-state index in [1.165, 1.54) is 6.26 Å². The number of furan rings is 1. The van der Waals surface area contributed by atoms with Gasteiger partial charge in [0.15, 0.2) is 0 Å².